The predicted molar refractivity (Wildman–Crippen MR) is 72.6 cm³/mol. The lowest BCUT2D eigenvalue weighted by Gasteiger charge is -2.09. The first kappa shape index (κ1) is 12.7. The van der Waals surface area contributed by atoms with E-state index in [1.165, 1.54) is 0 Å². The fourth-order valence-electron chi connectivity index (χ4n) is 1.54. The number of thioether (sulfide) groups is 1. The molecule has 1 atom stereocenters. The van der Waals surface area contributed by atoms with E-state index in [1.54, 1.807) is 23.1 Å². The van der Waals surface area contributed by atoms with Crippen LogP contribution in [0, 0.1) is 0 Å². The Morgan fingerprint density at radius 2 is 2.59 bits per heavy atom. The van der Waals surface area contributed by atoms with Gasteiger partial charge in [-0.05, 0) is 0 Å². The highest BCUT2D eigenvalue weighted by Gasteiger charge is 2.21. The van der Waals surface area contributed by atoms with Gasteiger partial charge in [0.2, 0.25) is 5.91 Å². The van der Waals surface area contributed by atoms with Gasteiger partial charge in [0.1, 0.15) is 0 Å². The predicted octanol–water partition coefficient (Wildman–Crippen LogP) is 0.506. The summed E-state index contributed by atoms with van der Waals surface area (Å²) in [6, 6.07) is -0.0247. The standard InChI is InChI=1S/C10H16N4OS2/c1-11-10-14-7(4-17-10)2-3-12-9(15)8-5-16-6-13-8/h4,8,13H,2-3,5-6H2,1H3,(H,11,14)(H,12,15). The van der Waals surface area contributed by atoms with Gasteiger partial charge in [-0.2, -0.15) is 0 Å². The number of nitrogens with zero attached hydrogens (tertiary/aromatic N) is 1. The lowest BCUT2D eigenvalue weighted by Crippen LogP contribution is -2.42. The molecule has 0 saturated carbocycles. The summed E-state index contributed by atoms with van der Waals surface area (Å²) >= 11 is 3.34. The first-order valence-corrected chi connectivity index (χ1v) is 7.54. The lowest BCUT2D eigenvalue weighted by atomic mass is 10.3. The smallest absolute Gasteiger partial charge is 0.238 e. The fourth-order valence-corrected chi connectivity index (χ4v) is 3.19. The van der Waals surface area contributed by atoms with Crippen LogP contribution in [0.1, 0.15) is 5.69 Å². The van der Waals surface area contributed by atoms with E-state index in [1.807, 2.05) is 12.4 Å². The maximum absolute atomic E-state index is 11.7. The van der Waals surface area contributed by atoms with Crippen molar-refractivity contribution >= 4 is 34.1 Å². The van der Waals surface area contributed by atoms with Crippen LogP contribution in [0.25, 0.3) is 0 Å². The quantitative estimate of drug-likeness (QED) is 0.729. The molecule has 5 nitrogen and oxygen atoms in total. The Bertz CT molecular complexity index is 376. The molecule has 1 unspecified atom stereocenters. The maximum atomic E-state index is 11.7. The van der Waals surface area contributed by atoms with Gasteiger partial charge in [0, 0.05) is 37.0 Å². The number of hydrogen-bond donors (Lipinski definition) is 3. The highest BCUT2D eigenvalue weighted by molar-refractivity contribution is 7.99. The third-order valence-electron chi connectivity index (χ3n) is 2.48. The van der Waals surface area contributed by atoms with E-state index in [9.17, 15) is 4.79 Å². The van der Waals surface area contributed by atoms with Crippen LogP contribution in [0.3, 0.4) is 0 Å². The van der Waals surface area contributed by atoms with Gasteiger partial charge in [-0.15, -0.1) is 23.1 Å². The summed E-state index contributed by atoms with van der Waals surface area (Å²) in [7, 11) is 1.85. The van der Waals surface area contributed by atoms with E-state index >= 15 is 0 Å². The zero-order valence-corrected chi connectivity index (χ0v) is 11.3. The molecule has 1 aromatic rings. The number of nitrogens with one attached hydrogen (secondary N) is 3. The Morgan fingerprint density at radius 3 is 3.24 bits per heavy atom. The molecular formula is C10H16N4OS2. The molecule has 1 saturated heterocycles. The van der Waals surface area contributed by atoms with Crippen molar-refractivity contribution < 1.29 is 4.79 Å². The summed E-state index contributed by atoms with van der Waals surface area (Å²) in [6.07, 6.45) is 0.782. The normalized spacial score (nSPS) is 19.2. The van der Waals surface area contributed by atoms with Crippen molar-refractivity contribution in [3.63, 3.8) is 0 Å². The SMILES string of the molecule is CNc1nc(CCNC(=O)C2CSCN2)cs1. The van der Waals surface area contributed by atoms with Gasteiger partial charge >= 0.3 is 0 Å². The van der Waals surface area contributed by atoms with Crippen LogP contribution in [0.15, 0.2) is 5.38 Å². The molecule has 1 fully saturated rings. The summed E-state index contributed by atoms with van der Waals surface area (Å²) in [5.74, 6) is 1.83. The number of amides is 1. The molecule has 0 radical (unpaired) electrons. The molecule has 7 heteroatoms. The van der Waals surface area contributed by atoms with Crippen LogP contribution in [0.5, 0.6) is 0 Å². The van der Waals surface area contributed by atoms with Gasteiger partial charge in [-0.25, -0.2) is 4.98 Å². The molecule has 2 heterocycles. The molecule has 0 aliphatic carbocycles. The number of anilines is 1. The van der Waals surface area contributed by atoms with Crippen molar-refractivity contribution in [3.8, 4) is 0 Å². The second kappa shape index (κ2) is 6.23. The molecule has 94 valence electrons. The zero-order chi connectivity index (χ0) is 12.1. The zero-order valence-electron chi connectivity index (χ0n) is 9.66. The second-order valence-electron chi connectivity index (χ2n) is 3.71. The number of rotatable bonds is 5. The van der Waals surface area contributed by atoms with E-state index in [0.717, 1.165) is 28.9 Å². The molecule has 3 N–H and O–H groups in total. The minimum absolute atomic E-state index is 0.0247. The van der Waals surface area contributed by atoms with Gasteiger partial charge in [0.05, 0.1) is 11.7 Å². The minimum Gasteiger partial charge on any atom is -0.365 e. The molecule has 1 amide bonds. The van der Waals surface area contributed by atoms with Gasteiger partial charge < -0.3 is 10.6 Å². The Morgan fingerprint density at radius 1 is 1.71 bits per heavy atom. The van der Waals surface area contributed by atoms with Crippen molar-refractivity contribution in [2.24, 2.45) is 0 Å². The van der Waals surface area contributed by atoms with Crippen molar-refractivity contribution in [1.29, 1.82) is 0 Å². The van der Waals surface area contributed by atoms with Crippen molar-refractivity contribution in [2.75, 3.05) is 30.5 Å². The Kier molecular flexibility index (Phi) is 4.64. The summed E-state index contributed by atoms with van der Waals surface area (Å²) in [5.41, 5.74) is 1.02. The summed E-state index contributed by atoms with van der Waals surface area (Å²) < 4.78 is 0. The fraction of sp³-hybridized carbons (Fsp3) is 0.600. The van der Waals surface area contributed by atoms with Crippen molar-refractivity contribution in [2.45, 2.75) is 12.5 Å². The molecule has 1 aliphatic rings. The molecule has 1 aromatic heterocycles. The van der Waals surface area contributed by atoms with E-state index in [-0.39, 0.29) is 11.9 Å². The average molecular weight is 272 g/mol. The van der Waals surface area contributed by atoms with Crippen LogP contribution in [0.2, 0.25) is 0 Å². The van der Waals surface area contributed by atoms with Crippen LogP contribution in [-0.2, 0) is 11.2 Å². The number of thiazole rings is 1. The summed E-state index contributed by atoms with van der Waals surface area (Å²) in [4.78, 5) is 16.0. The Hall–Kier alpha value is -0.790. The van der Waals surface area contributed by atoms with Crippen molar-refractivity contribution in [1.82, 2.24) is 15.6 Å². The minimum atomic E-state index is -0.0247. The van der Waals surface area contributed by atoms with Gasteiger partial charge in [-0.1, -0.05) is 0 Å². The molecule has 0 bridgehead atoms. The number of hydrogen-bond acceptors (Lipinski definition) is 6. The van der Waals surface area contributed by atoms with Crippen LogP contribution in [0.4, 0.5) is 5.13 Å². The monoisotopic (exact) mass is 272 g/mol. The van der Waals surface area contributed by atoms with E-state index in [2.05, 4.69) is 20.9 Å². The van der Waals surface area contributed by atoms with E-state index in [0.29, 0.717) is 6.54 Å². The summed E-state index contributed by atoms with van der Waals surface area (Å²) in [6.45, 7) is 0.647. The molecule has 2 rings (SSSR count). The van der Waals surface area contributed by atoms with Gasteiger partial charge in [0.15, 0.2) is 5.13 Å². The number of carbonyl (C=O) groups excluding carboxylic acids is 1. The Balaban J connectivity index is 1.69. The maximum Gasteiger partial charge on any atom is 0.238 e. The van der Waals surface area contributed by atoms with Crippen molar-refractivity contribution in [3.05, 3.63) is 11.1 Å². The number of carbonyl (C=O) groups is 1. The van der Waals surface area contributed by atoms with E-state index in [4.69, 9.17) is 0 Å². The molecule has 0 spiro atoms. The molecule has 17 heavy (non-hydrogen) atoms. The van der Waals surface area contributed by atoms with Gasteiger partial charge in [-0.3, -0.25) is 10.1 Å². The molecule has 0 aromatic carbocycles. The van der Waals surface area contributed by atoms with E-state index < -0.39 is 0 Å². The average Bonchev–Trinajstić information content (AvgIpc) is 3.00. The molecule has 1 aliphatic heterocycles. The second-order valence-corrected chi connectivity index (χ2v) is 5.60. The lowest BCUT2D eigenvalue weighted by molar-refractivity contribution is -0.122. The van der Waals surface area contributed by atoms with Crippen LogP contribution < -0.4 is 16.0 Å². The molecular weight excluding hydrogens is 256 g/mol. The van der Waals surface area contributed by atoms with Crippen LogP contribution >= 0.6 is 23.1 Å². The largest absolute Gasteiger partial charge is 0.365 e. The Labute approximate surface area is 109 Å². The third-order valence-corrected chi connectivity index (χ3v) is 4.33. The number of aromatic nitrogens is 1. The van der Waals surface area contributed by atoms with Gasteiger partial charge in [0.25, 0.3) is 0 Å². The first-order chi connectivity index (χ1) is 8.29. The first-order valence-electron chi connectivity index (χ1n) is 5.50. The highest BCUT2D eigenvalue weighted by atomic mass is 32.2. The van der Waals surface area contributed by atoms with Crippen LogP contribution in [-0.4, -0.2) is 42.2 Å². The summed E-state index contributed by atoms with van der Waals surface area (Å²) in [5, 5.41) is 12.0. The third kappa shape index (κ3) is 3.58. The highest BCUT2D eigenvalue weighted by Crippen LogP contribution is 2.14. The topological polar surface area (TPSA) is 66.0 Å².